The third-order valence-electron chi connectivity index (χ3n) is 8.54. The minimum absolute atomic E-state index is 0.0200. The van der Waals surface area contributed by atoms with Gasteiger partial charge in [-0.15, -0.1) is 0 Å². The van der Waals surface area contributed by atoms with Gasteiger partial charge in [-0.25, -0.2) is 4.79 Å². The lowest BCUT2D eigenvalue weighted by Gasteiger charge is -2.61. The normalized spacial score (nSPS) is 46.0. The Bertz CT molecular complexity index is 641. The molecule has 1 heterocycles. The molecule has 0 radical (unpaired) electrons. The number of methoxy groups -OCH3 is 1. The number of nitrogens with zero attached hydrogens (tertiary/aromatic N) is 1. The maximum absolute atomic E-state index is 12.3. The predicted molar refractivity (Wildman–Crippen MR) is 95.7 cm³/mol. The molecule has 1 aliphatic heterocycles. The average molecular weight is 345 g/mol. The Morgan fingerprint density at radius 2 is 1.96 bits per heavy atom. The van der Waals surface area contributed by atoms with Crippen LogP contribution in [0.25, 0.3) is 0 Å². The van der Waals surface area contributed by atoms with E-state index in [0.717, 1.165) is 31.3 Å². The van der Waals surface area contributed by atoms with Crippen LogP contribution in [0.3, 0.4) is 0 Å². The fourth-order valence-corrected chi connectivity index (χ4v) is 7.14. The summed E-state index contributed by atoms with van der Waals surface area (Å²) in [6.07, 6.45) is 9.43. The van der Waals surface area contributed by atoms with Gasteiger partial charge in [0.05, 0.1) is 7.11 Å². The van der Waals surface area contributed by atoms with E-state index >= 15 is 0 Å². The lowest BCUT2D eigenvalue weighted by Crippen LogP contribution is -2.61. The fourth-order valence-electron chi connectivity index (χ4n) is 7.14. The van der Waals surface area contributed by atoms with E-state index in [2.05, 4.69) is 19.9 Å². The highest BCUT2D eigenvalue weighted by atomic mass is 16.5. The number of ether oxygens (including phenoxy) is 1. The molecule has 6 atom stereocenters. The molecule has 4 aliphatic rings. The number of amides is 1. The van der Waals surface area contributed by atoms with Gasteiger partial charge in [0.1, 0.15) is 0 Å². The van der Waals surface area contributed by atoms with Gasteiger partial charge in [-0.2, -0.15) is 0 Å². The molecule has 0 bridgehead atoms. The summed E-state index contributed by atoms with van der Waals surface area (Å²) in [7, 11) is 3.50. The van der Waals surface area contributed by atoms with E-state index in [4.69, 9.17) is 4.74 Å². The number of piperidine rings is 1. The zero-order valence-corrected chi connectivity index (χ0v) is 16.0. The Morgan fingerprint density at radius 3 is 2.68 bits per heavy atom. The van der Waals surface area contributed by atoms with E-state index in [-0.39, 0.29) is 16.8 Å². The van der Waals surface area contributed by atoms with Crippen LogP contribution in [0.5, 0.6) is 0 Å². The van der Waals surface area contributed by atoms with E-state index in [1.807, 2.05) is 11.9 Å². The van der Waals surface area contributed by atoms with E-state index in [9.17, 15) is 9.59 Å². The first kappa shape index (κ1) is 17.1. The summed E-state index contributed by atoms with van der Waals surface area (Å²) in [5, 5.41) is 0. The Morgan fingerprint density at radius 1 is 1.20 bits per heavy atom. The quantitative estimate of drug-likeness (QED) is 0.683. The Balaban J connectivity index is 1.63. The van der Waals surface area contributed by atoms with Crippen LogP contribution in [0.4, 0.5) is 0 Å². The molecule has 0 spiro atoms. The largest absolute Gasteiger partial charge is 0.466 e. The number of likely N-dealkylation sites (tertiary alicyclic amines) is 1. The predicted octanol–water partition coefficient (Wildman–Crippen LogP) is 3.56. The van der Waals surface area contributed by atoms with E-state index in [1.54, 1.807) is 0 Å². The lowest BCUT2D eigenvalue weighted by molar-refractivity contribution is -0.157. The molecule has 0 aromatic rings. The summed E-state index contributed by atoms with van der Waals surface area (Å²) in [4.78, 5) is 26.5. The molecule has 1 saturated heterocycles. The van der Waals surface area contributed by atoms with E-state index in [1.165, 1.54) is 20.0 Å². The zero-order valence-electron chi connectivity index (χ0n) is 16.0. The lowest BCUT2D eigenvalue weighted by atomic mass is 9.47. The summed E-state index contributed by atoms with van der Waals surface area (Å²) in [5.41, 5.74) is 1.14. The van der Waals surface area contributed by atoms with Crippen LogP contribution in [0.2, 0.25) is 0 Å². The van der Waals surface area contributed by atoms with Crippen molar-refractivity contribution in [3.8, 4) is 0 Å². The molecule has 2 saturated carbocycles. The summed E-state index contributed by atoms with van der Waals surface area (Å²) in [6, 6.07) is 0.397. The smallest absolute Gasteiger partial charge is 0.333 e. The molecule has 4 rings (SSSR count). The molecule has 4 nitrogen and oxygen atoms in total. The van der Waals surface area contributed by atoms with Gasteiger partial charge in [0.15, 0.2) is 0 Å². The maximum atomic E-state index is 12.3. The van der Waals surface area contributed by atoms with Crippen molar-refractivity contribution < 1.29 is 14.3 Å². The molecular formula is C21H31NO3. The second-order valence-corrected chi connectivity index (χ2v) is 9.28. The van der Waals surface area contributed by atoms with Crippen LogP contribution in [0.15, 0.2) is 11.6 Å². The SMILES string of the molecule is COC(=O)C1=CC[C@H]2[C@@H]3CCC4N(C)C(=O)CC[C@]4(C)[C@@H]3CC[C@]12C. The fraction of sp³-hybridized carbons (Fsp3) is 0.810. The molecule has 3 aliphatic carbocycles. The number of carbonyl (C=O) groups is 2. The van der Waals surface area contributed by atoms with Crippen molar-refractivity contribution >= 4 is 11.9 Å². The van der Waals surface area contributed by atoms with Crippen molar-refractivity contribution in [2.75, 3.05) is 14.2 Å². The van der Waals surface area contributed by atoms with Gasteiger partial charge in [0.2, 0.25) is 5.91 Å². The van der Waals surface area contributed by atoms with Gasteiger partial charge in [-0.3, -0.25) is 4.79 Å². The van der Waals surface area contributed by atoms with Crippen LogP contribution in [-0.4, -0.2) is 37.0 Å². The summed E-state index contributed by atoms with van der Waals surface area (Å²) in [5.74, 6) is 2.08. The molecule has 1 amide bonds. The van der Waals surface area contributed by atoms with Crippen molar-refractivity contribution in [3.63, 3.8) is 0 Å². The first-order chi connectivity index (χ1) is 11.8. The van der Waals surface area contributed by atoms with Crippen molar-refractivity contribution in [2.45, 2.75) is 64.8 Å². The number of rotatable bonds is 1. The Hall–Kier alpha value is -1.32. The Kier molecular flexibility index (Phi) is 3.82. The highest BCUT2D eigenvalue weighted by molar-refractivity contribution is 5.90. The van der Waals surface area contributed by atoms with Crippen LogP contribution in [0.1, 0.15) is 58.8 Å². The maximum Gasteiger partial charge on any atom is 0.333 e. The number of fused-ring (bicyclic) bond motifs is 5. The van der Waals surface area contributed by atoms with Gasteiger partial charge in [-0.1, -0.05) is 19.9 Å². The number of carbonyl (C=O) groups excluding carboxylic acids is 2. The molecule has 1 unspecified atom stereocenters. The summed E-state index contributed by atoms with van der Waals surface area (Å²) in [6.45, 7) is 4.72. The monoisotopic (exact) mass is 345 g/mol. The highest BCUT2D eigenvalue weighted by Crippen LogP contribution is 2.64. The summed E-state index contributed by atoms with van der Waals surface area (Å²) < 4.78 is 5.06. The molecule has 0 aromatic carbocycles. The van der Waals surface area contributed by atoms with E-state index in [0.29, 0.717) is 36.1 Å². The number of allylic oxidation sites excluding steroid dienone is 1. The topological polar surface area (TPSA) is 46.6 Å². The number of esters is 1. The van der Waals surface area contributed by atoms with Crippen molar-refractivity contribution in [1.82, 2.24) is 4.90 Å². The molecule has 3 fully saturated rings. The molecule has 0 aromatic heterocycles. The van der Waals surface area contributed by atoms with Crippen molar-refractivity contribution in [3.05, 3.63) is 11.6 Å². The third-order valence-corrected chi connectivity index (χ3v) is 8.54. The van der Waals surface area contributed by atoms with Crippen LogP contribution >= 0.6 is 0 Å². The molecule has 0 N–H and O–H groups in total. The minimum atomic E-state index is -0.133. The molecular weight excluding hydrogens is 314 g/mol. The second-order valence-electron chi connectivity index (χ2n) is 9.28. The van der Waals surface area contributed by atoms with Gasteiger partial charge in [-0.05, 0) is 61.7 Å². The number of hydrogen-bond acceptors (Lipinski definition) is 3. The Labute approximate surface area is 151 Å². The van der Waals surface area contributed by atoms with Crippen molar-refractivity contribution in [1.29, 1.82) is 0 Å². The van der Waals surface area contributed by atoms with Crippen LogP contribution in [0, 0.1) is 28.6 Å². The highest BCUT2D eigenvalue weighted by Gasteiger charge is 2.60. The van der Waals surface area contributed by atoms with Crippen LogP contribution < -0.4 is 0 Å². The first-order valence-electron chi connectivity index (χ1n) is 9.87. The number of hydrogen-bond donors (Lipinski definition) is 0. The van der Waals surface area contributed by atoms with Gasteiger partial charge < -0.3 is 9.64 Å². The standard InChI is InChI=1S/C21H31NO3/c1-20-11-9-15-13(14(20)6-7-16(20)19(24)25-4)5-8-17-21(15,2)12-10-18(23)22(17)3/h7,13-15,17H,5-6,8-12H2,1-4H3/t13-,14-,15+,17?,20-,21+/m0/s1. The molecule has 4 heteroatoms. The van der Waals surface area contributed by atoms with Gasteiger partial charge in [0, 0.05) is 30.5 Å². The molecule has 138 valence electrons. The van der Waals surface area contributed by atoms with Crippen molar-refractivity contribution in [2.24, 2.45) is 28.6 Å². The van der Waals surface area contributed by atoms with E-state index < -0.39 is 0 Å². The van der Waals surface area contributed by atoms with Gasteiger partial charge in [0.25, 0.3) is 0 Å². The third kappa shape index (κ3) is 2.18. The van der Waals surface area contributed by atoms with Gasteiger partial charge >= 0.3 is 5.97 Å². The molecule has 25 heavy (non-hydrogen) atoms. The van der Waals surface area contributed by atoms with Crippen LogP contribution in [-0.2, 0) is 14.3 Å². The first-order valence-corrected chi connectivity index (χ1v) is 9.87. The second kappa shape index (κ2) is 5.59. The minimum Gasteiger partial charge on any atom is -0.466 e. The summed E-state index contributed by atoms with van der Waals surface area (Å²) >= 11 is 0. The zero-order chi connectivity index (χ0) is 18.0. The average Bonchev–Trinajstić information content (AvgIpc) is 2.95.